The first-order valence-electron chi connectivity index (χ1n) is 9.50. The topological polar surface area (TPSA) is 76.7 Å². The Morgan fingerprint density at radius 3 is 2.46 bits per heavy atom. The molecule has 3 rings (SSSR count). The predicted octanol–water partition coefficient (Wildman–Crippen LogP) is 3.23. The molecule has 1 unspecified atom stereocenters. The summed E-state index contributed by atoms with van der Waals surface area (Å²) in [4.78, 5) is 24.3. The van der Waals surface area contributed by atoms with Gasteiger partial charge in [-0.25, -0.2) is 0 Å². The Labute approximate surface area is 165 Å². The summed E-state index contributed by atoms with van der Waals surface area (Å²) in [6, 6.07) is 12.6. The molecule has 1 aliphatic rings. The van der Waals surface area contributed by atoms with Gasteiger partial charge in [0.25, 0.3) is 11.8 Å². The van der Waals surface area contributed by atoms with E-state index in [1.165, 1.54) is 0 Å². The zero-order valence-electron chi connectivity index (χ0n) is 16.3. The first kappa shape index (κ1) is 19.9. The molecule has 0 bridgehead atoms. The Hall–Kier alpha value is -2.86. The number of ether oxygens (including phenoxy) is 2. The molecular formula is C22H26N2O4. The smallest absolute Gasteiger partial charge is 0.262 e. The molecule has 2 N–H and O–H groups in total. The zero-order chi connectivity index (χ0) is 19.9. The molecule has 2 aromatic rings. The number of carbonyl (C=O) groups is 2. The quantitative estimate of drug-likeness (QED) is 0.771. The van der Waals surface area contributed by atoms with Crippen molar-refractivity contribution < 1.29 is 19.1 Å². The molecule has 2 amide bonds. The maximum atomic E-state index is 12.2. The molecule has 28 heavy (non-hydrogen) atoms. The Morgan fingerprint density at radius 2 is 1.82 bits per heavy atom. The highest BCUT2D eigenvalue weighted by molar-refractivity contribution is 5.96. The summed E-state index contributed by atoms with van der Waals surface area (Å²) in [5.74, 6) is 0.271. The second kappa shape index (κ2) is 9.37. The van der Waals surface area contributed by atoms with E-state index in [-0.39, 0.29) is 24.5 Å². The van der Waals surface area contributed by atoms with Crippen molar-refractivity contribution in [3.8, 4) is 5.75 Å². The van der Waals surface area contributed by atoms with Gasteiger partial charge in [0.1, 0.15) is 5.75 Å². The Balaban J connectivity index is 1.46. The van der Waals surface area contributed by atoms with Gasteiger partial charge in [0.2, 0.25) is 0 Å². The van der Waals surface area contributed by atoms with E-state index in [0.29, 0.717) is 23.5 Å². The van der Waals surface area contributed by atoms with Gasteiger partial charge in [0, 0.05) is 24.4 Å². The average molecular weight is 382 g/mol. The second-order valence-corrected chi connectivity index (χ2v) is 7.08. The van der Waals surface area contributed by atoms with E-state index >= 15 is 0 Å². The first-order chi connectivity index (χ1) is 13.5. The summed E-state index contributed by atoms with van der Waals surface area (Å²) in [6.45, 7) is 5.18. The Bertz CT molecular complexity index is 807. The van der Waals surface area contributed by atoms with E-state index in [0.717, 1.165) is 30.6 Å². The van der Waals surface area contributed by atoms with Crippen molar-refractivity contribution in [3.63, 3.8) is 0 Å². The predicted molar refractivity (Wildman–Crippen MR) is 108 cm³/mol. The summed E-state index contributed by atoms with van der Waals surface area (Å²) >= 11 is 0. The minimum atomic E-state index is -0.255. The number of amides is 2. The molecule has 0 spiro atoms. The van der Waals surface area contributed by atoms with Crippen molar-refractivity contribution in [1.82, 2.24) is 5.32 Å². The SMILES string of the molecule is Cc1cc(C)cc(OCC(=O)Nc2ccc(C(=O)NCC3CCCO3)cc2)c1. The number of hydrogen-bond donors (Lipinski definition) is 2. The number of hydrogen-bond acceptors (Lipinski definition) is 4. The van der Waals surface area contributed by atoms with Gasteiger partial charge in [-0.3, -0.25) is 9.59 Å². The third-order valence-corrected chi connectivity index (χ3v) is 4.51. The first-order valence-corrected chi connectivity index (χ1v) is 9.50. The van der Waals surface area contributed by atoms with Crippen LogP contribution in [0.1, 0.15) is 34.3 Å². The summed E-state index contributed by atoms with van der Waals surface area (Å²) in [5.41, 5.74) is 3.33. The fourth-order valence-corrected chi connectivity index (χ4v) is 3.18. The van der Waals surface area contributed by atoms with Crippen LogP contribution in [0.4, 0.5) is 5.69 Å². The molecule has 1 saturated heterocycles. The molecule has 1 aliphatic heterocycles. The maximum Gasteiger partial charge on any atom is 0.262 e. The van der Waals surface area contributed by atoms with E-state index in [9.17, 15) is 9.59 Å². The molecule has 2 aromatic carbocycles. The molecule has 0 saturated carbocycles. The van der Waals surface area contributed by atoms with Crippen LogP contribution in [0.2, 0.25) is 0 Å². The average Bonchev–Trinajstić information content (AvgIpc) is 3.18. The summed E-state index contributed by atoms with van der Waals surface area (Å²) < 4.78 is 11.1. The lowest BCUT2D eigenvalue weighted by Crippen LogP contribution is -2.31. The van der Waals surface area contributed by atoms with Crippen molar-refractivity contribution in [2.75, 3.05) is 25.1 Å². The van der Waals surface area contributed by atoms with Crippen LogP contribution in [0.5, 0.6) is 5.75 Å². The fourth-order valence-electron chi connectivity index (χ4n) is 3.18. The monoisotopic (exact) mass is 382 g/mol. The minimum Gasteiger partial charge on any atom is -0.484 e. The largest absolute Gasteiger partial charge is 0.484 e. The van der Waals surface area contributed by atoms with Crippen LogP contribution in [0.3, 0.4) is 0 Å². The molecular weight excluding hydrogens is 356 g/mol. The molecule has 0 aromatic heterocycles. The van der Waals surface area contributed by atoms with Crippen LogP contribution < -0.4 is 15.4 Å². The molecule has 1 heterocycles. The van der Waals surface area contributed by atoms with Gasteiger partial charge >= 0.3 is 0 Å². The van der Waals surface area contributed by atoms with Crippen molar-refractivity contribution in [2.45, 2.75) is 32.8 Å². The van der Waals surface area contributed by atoms with Gasteiger partial charge in [-0.15, -0.1) is 0 Å². The molecule has 6 nitrogen and oxygen atoms in total. The summed E-state index contributed by atoms with van der Waals surface area (Å²) in [7, 11) is 0. The molecule has 1 atom stereocenters. The van der Waals surface area contributed by atoms with E-state index in [1.54, 1.807) is 24.3 Å². The van der Waals surface area contributed by atoms with E-state index in [4.69, 9.17) is 9.47 Å². The minimum absolute atomic E-state index is 0.0769. The highest BCUT2D eigenvalue weighted by atomic mass is 16.5. The lowest BCUT2D eigenvalue weighted by atomic mass is 10.1. The van der Waals surface area contributed by atoms with E-state index in [1.807, 2.05) is 32.0 Å². The van der Waals surface area contributed by atoms with Crippen LogP contribution in [0.25, 0.3) is 0 Å². The highest BCUT2D eigenvalue weighted by Crippen LogP contribution is 2.16. The molecule has 0 aliphatic carbocycles. The Morgan fingerprint density at radius 1 is 1.11 bits per heavy atom. The zero-order valence-corrected chi connectivity index (χ0v) is 16.3. The lowest BCUT2D eigenvalue weighted by molar-refractivity contribution is -0.118. The van der Waals surface area contributed by atoms with Crippen molar-refractivity contribution in [1.29, 1.82) is 0 Å². The van der Waals surface area contributed by atoms with Gasteiger partial charge in [0.15, 0.2) is 6.61 Å². The number of rotatable bonds is 7. The number of benzene rings is 2. The standard InChI is InChI=1S/C22H26N2O4/c1-15-10-16(2)12-20(11-15)28-14-21(25)24-18-7-5-17(6-8-18)22(26)23-13-19-4-3-9-27-19/h5-8,10-12,19H,3-4,9,13-14H2,1-2H3,(H,23,26)(H,24,25). The van der Waals surface area contributed by atoms with Crippen LogP contribution in [-0.4, -0.2) is 37.7 Å². The molecule has 0 radical (unpaired) electrons. The number of nitrogens with one attached hydrogen (secondary N) is 2. The van der Waals surface area contributed by atoms with Crippen LogP contribution in [-0.2, 0) is 9.53 Å². The summed E-state index contributed by atoms with van der Waals surface area (Å²) in [6.07, 6.45) is 2.14. The highest BCUT2D eigenvalue weighted by Gasteiger charge is 2.16. The van der Waals surface area contributed by atoms with Crippen molar-refractivity contribution in [2.24, 2.45) is 0 Å². The maximum absolute atomic E-state index is 12.2. The van der Waals surface area contributed by atoms with E-state index < -0.39 is 0 Å². The van der Waals surface area contributed by atoms with Gasteiger partial charge in [-0.1, -0.05) is 6.07 Å². The van der Waals surface area contributed by atoms with Gasteiger partial charge in [0.05, 0.1) is 6.10 Å². The lowest BCUT2D eigenvalue weighted by Gasteiger charge is -2.11. The second-order valence-electron chi connectivity index (χ2n) is 7.08. The number of aryl methyl sites for hydroxylation is 2. The summed E-state index contributed by atoms with van der Waals surface area (Å²) in [5, 5.41) is 5.65. The molecule has 1 fully saturated rings. The van der Waals surface area contributed by atoms with Crippen molar-refractivity contribution >= 4 is 17.5 Å². The normalized spacial score (nSPS) is 15.9. The van der Waals surface area contributed by atoms with Gasteiger partial charge < -0.3 is 20.1 Å². The van der Waals surface area contributed by atoms with Gasteiger partial charge in [-0.05, 0) is 74.2 Å². The number of carbonyl (C=O) groups excluding carboxylic acids is 2. The van der Waals surface area contributed by atoms with Crippen LogP contribution in [0.15, 0.2) is 42.5 Å². The van der Waals surface area contributed by atoms with Crippen LogP contribution in [0, 0.1) is 13.8 Å². The van der Waals surface area contributed by atoms with Gasteiger partial charge in [-0.2, -0.15) is 0 Å². The van der Waals surface area contributed by atoms with Crippen molar-refractivity contribution in [3.05, 3.63) is 59.2 Å². The molecule has 148 valence electrons. The fraction of sp³-hybridized carbons (Fsp3) is 0.364. The van der Waals surface area contributed by atoms with Crippen LogP contribution >= 0.6 is 0 Å². The molecule has 6 heteroatoms. The Kier molecular flexibility index (Phi) is 6.66. The number of anilines is 1. The third-order valence-electron chi connectivity index (χ3n) is 4.51. The van der Waals surface area contributed by atoms with E-state index in [2.05, 4.69) is 10.6 Å². The third kappa shape index (κ3) is 5.82.